The maximum atomic E-state index is 13.3. The zero-order valence-electron chi connectivity index (χ0n) is 22.2. The van der Waals surface area contributed by atoms with Gasteiger partial charge in [-0.1, -0.05) is 42.5 Å². The molecule has 3 aromatic carbocycles. The van der Waals surface area contributed by atoms with Crippen LogP contribution in [0, 0.1) is 13.8 Å². The summed E-state index contributed by atoms with van der Waals surface area (Å²) in [6, 6.07) is 20.4. The quantitative estimate of drug-likeness (QED) is 0.346. The Morgan fingerprint density at radius 1 is 0.975 bits per heavy atom. The maximum Gasteiger partial charge on any atom is 0.338 e. The van der Waals surface area contributed by atoms with E-state index >= 15 is 0 Å². The van der Waals surface area contributed by atoms with Gasteiger partial charge in [-0.2, -0.15) is 0 Å². The molecule has 10 nitrogen and oxygen atoms in total. The highest BCUT2D eigenvalue weighted by Gasteiger charge is 2.27. The number of esters is 1. The molecule has 2 heterocycles. The van der Waals surface area contributed by atoms with E-state index in [1.54, 1.807) is 54.7 Å². The minimum atomic E-state index is -4.25. The van der Waals surface area contributed by atoms with E-state index in [1.165, 1.54) is 22.9 Å². The Morgan fingerprint density at radius 2 is 1.68 bits per heavy atom. The number of ether oxygens (including phenoxy) is 1. The number of nitrogens with zero attached hydrogens (tertiary/aromatic N) is 3. The number of hydrogen-bond acceptors (Lipinski definition) is 6. The summed E-state index contributed by atoms with van der Waals surface area (Å²) in [4.78, 5) is 40.2. The molecule has 1 aliphatic rings. The number of hydrogen-bond donors (Lipinski definition) is 1. The Morgan fingerprint density at radius 3 is 2.42 bits per heavy atom. The molecule has 0 spiro atoms. The van der Waals surface area contributed by atoms with Crippen LogP contribution in [0.25, 0.3) is 5.69 Å². The average molecular weight is 561 g/mol. The molecule has 5 rings (SSSR count). The van der Waals surface area contributed by atoms with E-state index in [9.17, 15) is 22.8 Å². The van der Waals surface area contributed by atoms with Crippen LogP contribution in [-0.4, -0.2) is 42.8 Å². The smallest absolute Gasteiger partial charge is 0.338 e. The van der Waals surface area contributed by atoms with Crippen molar-refractivity contribution in [2.45, 2.75) is 25.2 Å². The topological polar surface area (TPSA) is 120 Å². The van der Waals surface area contributed by atoms with Crippen LogP contribution in [-0.2, 0) is 33.0 Å². The lowest BCUT2D eigenvalue weighted by molar-refractivity contribution is -0.121. The van der Waals surface area contributed by atoms with Crippen molar-refractivity contribution in [3.8, 4) is 5.69 Å². The molecule has 0 saturated heterocycles. The number of carbonyl (C=O) groups is 2. The Labute approximate surface area is 231 Å². The SMILES string of the molecule is Cc1ccc(S(=O)(=O)Nc2c(C)n(C)n(-c3ccccc3)c2=O)cc1C(=O)OCC(=O)N1CCc2ccccc21. The highest BCUT2D eigenvalue weighted by Crippen LogP contribution is 2.27. The van der Waals surface area contributed by atoms with Crippen molar-refractivity contribution in [2.24, 2.45) is 7.05 Å². The standard InChI is InChI=1S/C29H28N4O6S/c1-19-13-14-23(17-24(19)29(36)39-18-26(34)32-16-15-21-9-7-8-12-25(21)32)40(37,38)30-27-20(2)31(3)33(28(27)35)22-10-5-4-6-11-22/h4-14,17,30H,15-16,18H2,1-3H3. The summed E-state index contributed by atoms with van der Waals surface area (Å²) in [7, 11) is -2.60. The predicted octanol–water partition coefficient (Wildman–Crippen LogP) is 3.34. The molecule has 0 atom stereocenters. The molecule has 0 radical (unpaired) electrons. The van der Waals surface area contributed by atoms with E-state index in [1.807, 2.05) is 30.3 Å². The van der Waals surface area contributed by atoms with Crippen LogP contribution in [0.4, 0.5) is 11.4 Å². The number of sulfonamides is 1. The van der Waals surface area contributed by atoms with Crippen LogP contribution in [0.2, 0.25) is 0 Å². The van der Waals surface area contributed by atoms with E-state index < -0.39 is 28.2 Å². The minimum Gasteiger partial charge on any atom is -0.452 e. The van der Waals surface area contributed by atoms with Gasteiger partial charge in [-0.25, -0.2) is 17.9 Å². The van der Waals surface area contributed by atoms with Crippen molar-refractivity contribution in [1.82, 2.24) is 9.36 Å². The van der Waals surface area contributed by atoms with E-state index in [0.717, 1.165) is 17.7 Å². The van der Waals surface area contributed by atoms with E-state index in [0.29, 0.717) is 23.5 Å². The second kappa shape index (κ2) is 10.5. The second-order valence-electron chi connectivity index (χ2n) is 9.52. The maximum absolute atomic E-state index is 13.3. The van der Waals surface area contributed by atoms with Gasteiger partial charge >= 0.3 is 5.97 Å². The third kappa shape index (κ3) is 4.91. The molecule has 0 fully saturated rings. The summed E-state index contributed by atoms with van der Waals surface area (Å²) in [6.07, 6.45) is 0.721. The number of para-hydroxylation sites is 2. The lowest BCUT2D eigenvalue weighted by Gasteiger charge is -2.17. The molecule has 40 heavy (non-hydrogen) atoms. The van der Waals surface area contributed by atoms with Crippen LogP contribution in [0.1, 0.15) is 27.2 Å². The fraction of sp³-hybridized carbons (Fsp3) is 0.207. The third-order valence-corrected chi connectivity index (χ3v) is 8.39. The summed E-state index contributed by atoms with van der Waals surface area (Å²) in [5.41, 5.74) is 2.67. The van der Waals surface area contributed by atoms with Crippen LogP contribution in [0.5, 0.6) is 0 Å². The van der Waals surface area contributed by atoms with Crippen LogP contribution in [0.15, 0.2) is 82.5 Å². The number of anilines is 2. The molecule has 1 amide bonds. The number of carbonyl (C=O) groups excluding carboxylic acids is 2. The number of rotatable bonds is 7. The molecule has 1 aromatic heterocycles. The number of benzene rings is 3. The molecular formula is C29H28N4O6S. The van der Waals surface area contributed by atoms with Crippen molar-refractivity contribution in [3.63, 3.8) is 0 Å². The molecule has 1 aliphatic heterocycles. The lowest BCUT2D eigenvalue weighted by atomic mass is 10.1. The Hall–Kier alpha value is -4.64. The van der Waals surface area contributed by atoms with Crippen LogP contribution < -0.4 is 15.2 Å². The fourth-order valence-electron chi connectivity index (χ4n) is 4.75. The van der Waals surface area contributed by atoms with Gasteiger partial charge in [0.05, 0.1) is 21.8 Å². The first-order chi connectivity index (χ1) is 19.1. The number of aryl methyl sites for hydroxylation is 1. The summed E-state index contributed by atoms with van der Waals surface area (Å²) in [5.74, 6) is -1.19. The third-order valence-electron chi connectivity index (χ3n) is 7.04. The first-order valence-electron chi connectivity index (χ1n) is 12.6. The largest absolute Gasteiger partial charge is 0.452 e. The van der Waals surface area contributed by atoms with Crippen molar-refractivity contribution < 1.29 is 22.7 Å². The van der Waals surface area contributed by atoms with Gasteiger partial charge in [-0.15, -0.1) is 0 Å². The van der Waals surface area contributed by atoms with E-state index in [-0.39, 0.29) is 22.1 Å². The predicted molar refractivity (Wildman–Crippen MR) is 151 cm³/mol. The van der Waals surface area contributed by atoms with E-state index in [4.69, 9.17) is 4.74 Å². The molecule has 0 bridgehead atoms. The Balaban J connectivity index is 1.35. The molecule has 11 heteroatoms. The number of amides is 1. The summed E-state index contributed by atoms with van der Waals surface area (Å²) < 4.78 is 37.2. The van der Waals surface area contributed by atoms with E-state index in [2.05, 4.69) is 4.72 Å². The van der Waals surface area contributed by atoms with Gasteiger partial charge < -0.3 is 9.64 Å². The van der Waals surface area contributed by atoms with Crippen molar-refractivity contribution >= 4 is 33.3 Å². The van der Waals surface area contributed by atoms with Crippen LogP contribution in [0.3, 0.4) is 0 Å². The molecule has 0 unspecified atom stereocenters. The Bertz CT molecular complexity index is 1790. The highest BCUT2D eigenvalue weighted by molar-refractivity contribution is 7.92. The molecule has 1 N–H and O–H groups in total. The van der Waals surface area contributed by atoms with Gasteiger partial charge in [-0.3, -0.25) is 19.0 Å². The Kier molecular flexibility index (Phi) is 7.07. The molecule has 0 aliphatic carbocycles. The van der Waals surface area contributed by atoms with Crippen molar-refractivity contribution in [3.05, 3.63) is 106 Å². The number of fused-ring (bicyclic) bond motifs is 1. The van der Waals surface area contributed by atoms with Gasteiger partial charge in [-0.05, 0) is 61.7 Å². The number of nitrogens with one attached hydrogen (secondary N) is 1. The van der Waals surface area contributed by atoms with Crippen molar-refractivity contribution in [1.29, 1.82) is 0 Å². The molecular weight excluding hydrogens is 532 g/mol. The fourth-order valence-corrected chi connectivity index (χ4v) is 5.89. The van der Waals surface area contributed by atoms with Gasteiger partial charge in [0.1, 0.15) is 5.69 Å². The van der Waals surface area contributed by atoms with Gasteiger partial charge in [0.15, 0.2) is 6.61 Å². The van der Waals surface area contributed by atoms with Crippen molar-refractivity contribution in [2.75, 3.05) is 22.8 Å². The summed E-state index contributed by atoms with van der Waals surface area (Å²) >= 11 is 0. The van der Waals surface area contributed by atoms with Gasteiger partial charge in [0.2, 0.25) is 0 Å². The van der Waals surface area contributed by atoms with Gasteiger partial charge in [0.25, 0.3) is 21.5 Å². The lowest BCUT2D eigenvalue weighted by Crippen LogP contribution is -2.33. The molecule has 206 valence electrons. The van der Waals surface area contributed by atoms with Gasteiger partial charge in [0, 0.05) is 19.3 Å². The number of aromatic nitrogens is 2. The first-order valence-corrected chi connectivity index (χ1v) is 14.1. The zero-order chi connectivity index (χ0) is 28.6. The first kappa shape index (κ1) is 26.9. The zero-order valence-corrected chi connectivity index (χ0v) is 23.1. The molecule has 0 saturated carbocycles. The minimum absolute atomic E-state index is 0.00368. The highest BCUT2D eigenvalue weighted by atomic mass is 32.2. The average Bonchev–Trinajstić information content (AvgIpc) is 3.47. The summed E-state index contributed by atoms with van der Waals surface area (Å²) in [5, 5.41) is 0. The van der Waals surface area contributed by atoms with Crippen LogP contribution >= 0.6 is 0 Å². The monoisotopic (exact) mass is 560 g/mol. The normalized spacial score (nSPS) is 12.7. The summed E-state index contributed by atoms with van der Waals surface area (Å²) in [6.45, 7) is 3.29. The molecule has 4 aromatic rings. The second-order valence-corrected chi connectivity index (χ2v) is 11.2.